The molecule has 0 saturated carbocycles. The van der Waals surface area contributed by atoms with E-state index in [0.29, 0.717) is 12.8 Å². The van der Waals surface area contributed by atoms with Crippen molar-refractivity contribution in [3.05, 3.63) is 18.0 Å². The van der Waals surface area contributed by atoms with Crippen molar-refractivity contribution in [2.45, 2.75) is 39.2 Å². The lowest BCUT2D eigenvalue weighted by Crippen LogP contribution is -2.41. The van der Waals surface area contributed by atoms with Crippen molar-refractivity contribution in [3.8, 4) is 0 Å². The molecule has 0 spiro atoms. The number of nitrogens with zero attached hydrogens (tertiary/aromatic N) is 3. The number of amides is 1. The summed E-state index contributed by atoms with van der Waals surface area (Å²) in [5, 5.41) is 12.9. The van der Waals surface area contributed by atoms with E-state index in [9.17, 15) is 9.59 Å². The number of aromatic nitrogens is 2. The third-order valence-corrected chi connectivity index (χ3v) is 3.13. The minimum Gasteiger partial charge on any atom is -0.480 e. The van der Waals surface area contributed by atoms with E-state index in [1.165, 1.54) is 4.90 Å². The molecule has 1 amide bonds. The number of carboxylic acids is 1. The van der Waals surface area contributed by atoms with Crippen molar-refractivity contribution in [2.24, 2.45) is 7.05 Å². The van der Waals surface area contributed by atoms with Gasteiger partial charge in [-0.05, 0) is 25.3 Å². The van der Waals surface area contributed by atoms with E-state index >= 15 is 0 Å². The molecule has 1 atom stereocenters. The van der Waals surface area contributed by atoms with E-state index < -0.39 is 5.97 Å². The smallest absolute Gasteiger partial charge is 0.323 e. The van der Waals surface area contributed by atoms with E-state index in [1.807, 2.05) is 27.1 Å². The summed E-state index contributed by atoms with van der Waals surface area (Å²) in [5.41, 5.74) is 0.982. The van der Waals surface area contributed by atoms with E-state index in [2.05, 4.69) is 5.10 Å². The molecule has 0 radical (unpaired) electrons. The second-order valence-electron chi connectivity index (χ2n) is 4.69. The average Bonchev–Trinajstić information content (AvgIpc) is 2.77. The van der Waals surface area contributed by atoms with Crippen LogP contribution in [0, 0.1) is 0 Å². The van der Waals surface area contributed by atoms with Crippen LogP contribution >= 0.6 is 0 Å². The summed E-state index contributed by atoms with van der Waals surface area (Å²) in [7, 11) is 1.82. The van der Waals surface area contributed by atoms with Gasteiger partial charge in [0.05, 0.1) is 6.20 Å². The molecule has 0 aliphatic rings. The minimum atomic E-state index is -0.977. The largest absolute Gasteiger partial charge is 0.480 e. The Morgan fingerprint density at radius 3 is 2.68 bits per heavy atom. The van der Waals surface area contributed by atoms with Crippen LogP contribution in [0.4, 0.5) is 0 Å². The van der Waals surface area contributed by atoms with Crippen molar-refractivity contribution in [1.82, 2.24) is 14.7 Å². The molecule has 0 saturated heterocycles. The molecule has 1 heterocycles. The molecule has 1 aromatic heterocycles. The van der Waals surface area contributed by atoms with Crippen LogP contribution in [0.2, 0.25) is 0 Å². The maximum Gasteiger partial charge on any atom is 0.323 e. The third-order valence-electron chi connectivity index (χ3n) is 3.13. The van der Waals surface area contributed by atoms with Gasteiger partial charge in [0.2, 0.25) is 5.91 Å². The first-order valence-corrected chi connectivity index (χ1v) is 6.42. The topological polar surface area (TPSA) is 75.4 Å². The molecule has 106 valence electrons. The van der Waals surface area contributed by atoms with Gasteiger partial charge in [-0.3, -0.25) is 14.3 Å². The quantitative estimate of drug-likeness (QED) is 0.801. The third kappa shape index (κ3) is 4.73. The highest BCUT2D eigenvalue weighted by Crippen LogP contribution is 2.09. The Bertz CT molecular complexity index is 442. The molecule has 6 nitrogen and oxygen atoms in total. The Morgan fingerprint density at radius 1 is 1.53 bits per heavy atom. The number of aryl methyl sites for hydroxylation is 2. The molecule has 0 aliphatic heterocycles. The highest BCUT2D eigenvalue weighted by atomic mass is 16.4. The van der Waals surface area contributed by atoms with Gasteiger partial charge in [0, 0.05) is 25.7 Å². The molecule has 0 fully saturated rings. The molecule has 1 unspecified atom stereocenters. The summed E-state index contributed by atoms with van der Waals surface area (Å²) < 4.78 is 1.68. The molecular formula is C13H21N3O3. The monoisotopic (exact) mass is 267 g/mol. The lowest BCUT2D eigenvalue weighted by molar-refractivity contribution is -0.146. The normalized spacial score (nSPS) is 12.2. The molecule has 1 rings (SSSR count). The highest BCUT2D eigenvalue weighted by Gasteiger charge is 2.21. The van der Waals surface area contributed by atoms with Crippen LogP contribution in [-0.4, -0.2) is 44.3 Å². The Kier molecular flexibility index (Phi) is 5.54. The first-order valence-electron chi connectivity index (χ1n) is 6.42. The van der Waals surface area contributed by atoms with Gasteiger partial charge in [0.15, 0.2) is 0 Å². The van der Waals surface area contributed by atoms with Gasteiger partial charge in [-0.15, -0.1) is 0 Å². The standard InChI is InChI=1S/C13H21N3O3/c1-4-10(2)16(9-13(18)19)12(17)6-5-11-7-14-15(3)8-11/h7-8,10H,4-6,9H2,1-3H3,(H,18,19). The zero-order chi connectivity index (χ0) is 14.4. The van der Waals surface area contributed by atoms with E-state index in [1.54, 1.807) is 10.9 Å². The summed E-state index contributed by atoms with van der Waals surface area (Å²) >= 11 is 0. The van der Waals surface area contributed by atoms with Gasteiger partial charge >= 0.3 is 5.97 Å². The van der Waals surface area contributed by atoms with Gasteiger partial charge < -0.3 is 10.0 Å². The molecule has 0 aliphatic carbocycles. The summed E-state index contributed by atoms with van der Waals surface area (Å²) in [5.74, 6) is -1.10. The summed E-state index contributed by atoms with van der Waals surface area (Å²) in [6.07, 6.45) is 5.21. The Hall–Kier alpha value is -1.85. The van der Waals surface area contributed by atoms with Gasteiger partial charge in [-0.2, -0.15) is 5.10 Å². The van der Waals surface area contributed by atoms with Crippen molar-refractivity contribution >= 4 is 11.9 Å². The lowest BCUT2D eigenvalue weighted by atomic mass is 10.1. The summed E-state index contributed by atoms with van der Waals surface area (Å²) in [6, 6.07) is -0.0579. The second kappa shape index (κ2) is 6.92. The van der Waals surface area contributed by atoms with Crippen molar-refractivity contribution in [1.29, 1.82) is 0 Å². The first-order chi connectivity index (χ1) is 8.93. The molecular weight excluding hydrogens is 246 g/mol. The molecule has 19 heavy (non-hydrogen) atoms. The summed E-state index contributed by atoms with van der Waals surface area (Å²) in [4.78, 5) is 24.3. The SMILES string of the molecule is CCC(C)N(CC(=O)O)C(=O)CCc1cnn(C)c1. The number of carbonyl (C=O) groups is 2. The van der Waals surface area contributed by atoms with Crippen LogP contribution in [0.5, 0.6) is 0 Å². The molecule has 0 bridgehead atoms. The Morgan fingerprint density at radius 2 is 2.21 bits per heavy atom. The minimum absolute atomic E-state index is 0.0579. The predicted octanol–water partition coefficient (Wildman–Crippen LogP) is 1.06. The van der Waals surface area contributed by atoms with Crippen molar-refractivity contribution in [3.63, 3.8) is 0 Å². The zero-order valence-corrected chi connectivity index (χ0v) is 11.7. The number of carboxylic acid groups (broad SMARTS) is 1. The number of hydrogen-bond donors (Lipinski definition) is 1. The van der Waals surface area contributed by atoms with Gasteiger partial charge in [-0.25, -0.2) is 0 Å². The van der Waals surface area contributed by atoms with Gasteiger partial charge in [-0.1, -0.05) is 6.92 Å². The maximum atomic E-state index is 12.1. The van der Waals surface area contributed by atoms with Crippen molar-refractivity contribution < 1.29 is 14.7 Å². The highest BCUT2D eigenvalue weighted by molar-refractivity contribution is 5.81. The number of aliphatic carboxylic acids is 1. The number of carbonyl (C=O) groups excluding carboxylic acids is 1. The van der Waals surface area contributed by atoms with Gasteiger partial charge in [0.25, 0.3) is 0 Å². The predicted molar refractivity (Wildman–Crippen MR) is 70.6 cm³/mol. The fourth-order valence-corrected chi connectivity index (χ4v) is 1.85. The van der Waals surface area contributed by atoms with E-state index in [4.69, 9.17) is 5.11 Å². The van der Waals surface area contributed by atoms with Crippen LogP contribution in [0.1, 0.15) is 32.3 Å². The average molecular weight is 267 g/mol. The first kappa shape index (κ1) is 15.2. The number of rotatable bonds is 7. The molecule has 1 N–H and O–H groups in total. The second-order valence-corrected chi connectivity index (χ2v) is 4.69. The van der Waals surface area contributed by atoms with Crippen LogP contribution in [0.3, 0.4) is 0 Å². The summed E-state index contributed by atoms with van der Waals surface area (Å²) in [6.45, 7) is 3.57. The fraction of sp³-hybridized carbons (Fsp3) is 0.615. The molecule has 0 aromatic carbocycles. The Balaban J connectivity index is 2.58. The number of hydrogen-bond acceptors (Lipinski definition) is 3. The van der Waals surface area contributed by atoms with E-state index in [-0.39, 0.29) is 18.5 Å². The van der Waals surface area contributed by atoms with Crippen LogP contribution in [0.25, 0.3) is 0 Å². The fourth-order valence-electron chi connectivity index (χ4n) is 1.85. The van der Waals surface area contributed by atoms with E-state index in [0.717, 1.165) is 12.0 Å². The van der Waals surface area contributed by atoms with Crippen molar-refractivity contribution in [2.75, 3.05) is 6.54 Å². The maximum absolute atomic E-state index is 12.1. The zero-order valence-electron chi connectivity index (χ0n) is 11.7. The van der Waals surface area contributed by atoms with Crippen LogP contribution in [-0.2, 0) is 23.1 Å². The lowest BCUT2D eigenvalue weighted by Gasteiger charge is -2.26. The van der Waals surface area contributed by atoms with Gasteiger partial charge in [0.1, 0.15) is 6.54 Å². The van der Waals surface area contributed by atoms with Crippen LogP contribution < -0.4 is 0 Å². The molecule has 1 aromatic rings. The van der Waals surface area contributed by atoms with Crippen LogP contribution in [0.15, 0.2) is 12.4 Å². The Labute approximate surface area is 113 Å². The molecule has 6 heteroatoms.